The van der Waals surface area contributed by atoms with E-state index in [0.717, 1.165) is 0 Å². The van der Waals surface area contributed by atoms with E-state index in [1.807, 2.05) is 0 Å². The SMILES string of the molecule is CC(C)OC(=O)c1ncc(C(F)(F)F)cc1O. The van der Waals surface area contributed by atoms with Crippen molar-refractivity contribution in [2.24, 2.45) is 0 Å². The van der Waals surface area contributed by atoms with Gasteiger partial charge in [0.15, 0.2) is 5.69 Å². The maximum absolute atomic E-state index is 12.2. The van der Waals surface area contributed by atoms with Crippen molar-refractivity contribution in [3.05, 3.63) is 23.5 Å². The molecule has 0 saturated heterocycles. The molecule has 0 amide bonds. The second kappa shape index (κ2) is 4.60. The minimum absolute atomic E-state index is 0.434. The van der Waals surface area contributed by atoms with E-state index in [0.29, 0.717) is 12.3 Å². The summed E-state index contributed by atoms with van der Waals surface area (Å²) in [5, 5.41) is 9.27. The molecule has 4 nitrogen and oxygen atoms in total. The zero-order valence-corrected chi connectivity index (χ0v) is 9.08. The molecule has 1 rings (SSSR count). The molecule has 1 aromatic rings. The summed E-state index contributed by atoms with van der Waals surface area (Å²) in [5.74, 6) is -1.82. The fraction of sp³-hybridized carbons (Fsp3) is 0.400. The van der Waals surface area contributed by atoms with Crippen LogP contribution in [0.25, 0.3) is 0 Å². The highest BCUT2D eigenvalue weighted by atomic mass is 19.4. The number of esters is 1. The van der Waals surface area contributed by atoms with Crippen molar-refractivity contribution < 1.29 is 27.8 Å². The van der Waals surface area contributed by atoms with Crippen LogP contribution in [0.4, 0.5) is 13.2 Å². The Labute approximate surface area is 95.0 Å². The molecule has 0 aliphatic carbocycles. The zero-order chi connectivity index (χ0) is 13.2. The van der Waals surface area contributed by atoms with Crippen molar-refractivity contribution >= 4 is 5.97 Å². The molecule has 0 saturated carbocycles. The van der Waals surface area contributed by atoms with Gasteiger partial charge in [-0.05, 0) is 19.9 Å². The fourth-order valence-electron chi connectivity index (χ4n) is 1.04. The first-order chi connectivity index (χ1) is 7.71. The van der Waals surface area contributed by atoms with E-state index in [2.05, 4.69) is 4.98 Å². The average Bonchev–Trinajstić information content (AvgIpc) is 2.14. The summed E-state index contributed by atoms with van der Waals surface area (Å²) in [5.41, 5.74) is -1.66. The molecule has 0 aliphatic rings. The molecular weight excluding hydrogens is 239 g/mol. The molecule has 1 N–H and O–H groups in total. The lowest BCUT2D eigenvalue weighted by atomic mass is 10.2. The summed E-state index contributed by atoms with van der Waals surface area (Å²) >= 11 is 0. The number of carbonyl (C=O) groups excluding carboxylic acids is 1. The number of aromatic hydroxyl groups is 1. The van der Waals surface area contributed by atoms with Crippen LogP contribution in [0.2, 0.25) is 0 Å². The van der Waals surface area contributed by atoms with Gasteiger partial charge in [0.25, 0.3) is 0 Å². The Bertz CT molecular complexity index is 429. The number of alkyl halides is 3. The summed E-state index contributed by atoms with van der Waals surface area (Å²) in [6, 6.07) is 0.434. The van der Waals surface area contributed by atoms with E-state index in [1.165, 1.54) is 0 Å². The maximum Gasteiger partial charge on any atom is 0.418 e. The number of carbonyl (C=O) groups is 1. The van der Waals surface area contributed by atoms with Gasteiger partial charge in [0.05, 0.1) is 11.7 Å². The molecule has 0 atom stereocenters. The molecule has 0 aliphatic heterocycles. The van der Waals surface area contributed by atoms with Crippen LogP contribution >= 0.6 is 0 Å². The maximum atomic E-state index is 12.2. The molecule has 1 heterocycles. The molecular formula is C10H10F3NO3. The zero-order valence-electron chi connectivity index (χ0n) is 9.08. The second-order valence-electron chi connectivity index (χ2n) is 3.54. The predicted molar refractivity (Wildman–Crippen MR) is 51.5 cm³/mol. The third-order valence-electron chi connectivity index (χ3n) is 1.73. The number of halogens is 3. The predicted octanol–water partition coefficient (Wildman–Crippen LogP) is 2.37. The van der Waals surface area contributed by atoms with Crippen LogP contribution in [0, 0.1) is 0 Å². The van der Waals surface area contributed by atoms with Crippen LogP contribution in [-0.2, 0) is 10.9 Å². The number of aromatic nitrogens is 1. The first-order valence-corrected chi connectivity index (χ1v) is 4.69. The summed E-state index contributed by atoms with van der Waals surface area (Å²) in [6.45, 7) is 3.14. The van der Waals surface area contributed by atoms with Crippen LogP contribution in [0.3, 0.4) is 0 Å². The van der Waals surface area contributed by atoms with Crippen molar-refractivity contribution in [1.82, 2.24) is 4.98 Å². The van der Waals surface area contributed by atoms with Crippen molar-refractivity contribution in [2.75, 3.05) is 0 Å². The third-order valence-corrected chi connectivity index (χ3v) is 1.73. The number of hydrogen-bond acceptors (Lipinski definition) is 4. The van der Waals surface area contributed by atoms with Crippen LogP contribution in [0.5, 0.6) is 5.75 Å². The Morgan fingerprint density at radius 1 is 1.47 bits per heavy atom. The standard InChI is InChI=1S/C10H10F3NO3/c1-5(2)17-9(16)8-7(15)3-6(4-14-8)10(11,12)13/h3-5,15H,1-2H3. The van der Waals surface area contributed by atoms with Crippen LogP contribution < -0.4 is 0 Å². The summed E-state index contributed by atoms with van der Waals surface area (Å²) in [6.07, 6.45) is -4.60. The number of nitrogens with zero attached hydrogens (tertiary/aromatic N) is 1. The van der Waals surface area contributed by atoms with Gasteiger partial charge in [-0.25, -0.2) is 9.78 Å². The highest BCUT2D eigenvalue weighted by molar-refractivity contribution is 5.90. The first kappa shape index (κ1) is 13.3. The third kappa shape index (κ3) is 3.33. The number of rotatable bonds is 2. The minimum Gasteiger partial charge on any atom is -0.505 e. The van der Waals surface area contributed by atoms with Crippen LogP contribution in [-0.4, -0.2) is 22.2 Å². The van der Waals surface area contributed by atoms with Gasteiger partial charge >= 0.3 is 12.1 Å². The van der Waals surface area contributed by atoms with E-state index in [-0.39, 0.29) is 0 Å². The molecule has 17 heavy (non-hydrogen) atoms. The van der Waals surface area contributed by atoms with Gasteiger partial charge in [0, 0.05) is 6.20 Å². The Hall–Kier alpha value is -1.79. The van der Waals surface area contributed by atoms with E-state index >= 15 is 0 Å². The molecule has 94 valence electrons. The normalized spacial score (nSPS) is 11.6. The van der Waals surface area contributed by atoms with Crippen molar-refractivity contribution in [2.45, 2.75) is 26.1 Å². The van der Waals surface area contributed by atoms with Gasteiger partial charge in [0.2, 0.25) is 0 Å². The smallest absolute Gasteiger partial charge is 0.418 e. The summed E-state index contributed by atoms with van der Waals surface area (Å²) in [7, 11) is 0. The van der Waals surface area contributed by atoms with Crippen molar-refractivity contribution in [3.63, 3.8) is 0 Å². The lowest BCUT2D eigenvalue weighted by molar-refractivity contribution is -0.138. The van der Waals surface area contributed by atoms with Crippen LogP contribution in [0.1, 0.15) is 29.9 Å². The largest absolute Gasteiger partial charge is 0.505 e. The molecule has 0 aromatic carbocycles. The summed E-state index contributed by atoms with van der Waals surface area (Å²) in [4.78, 5) is 14.6. The lowest BCUT2D eigenvalue weighted by Crippen LogP contribution is -2.14. The molecule has 0 spiro atoms. The van der Waals surface area contributed by atoms with Gasteiger partial charge in [-0.1, -0.05) is 0 Å². The Balaban J connectivity index is 3.02. The Morgan fingerprint density at radius 2 is 2.06 bits per heavy atom. The second-order valence-corrected chi connectivity index (χ2v) is 3.54. The molecule has 0 bridgehead atoms. The van der Waals surface area contributed by atoms with Crippen molar-refractivity contribution in [3.8, 4) is 5.75 Å². The van der Waals surface area contributed by atoms with E-state index < -0.39 is 35.3 Å². The molecule has 1 aromatic heterocycles. The van der Waals surface area contributed by atoms with Gasteiger partial charge < -0.3 is 9.84 Å². The molecule has 0 radical (unpaired) electrons. The Kier molecular flexibility index (Phi) is 3.59. The number of ether oxygens (including phenoxy) is 1. The molecule has 0 unspecified atom stereocenters. The van der Waals surface area contributed by atoms with Gasteiger partial charge in [-0.15, -0.1) is 0 Å². The topological polar surface area (TPSA) is 59.4 Å². The van der Waals surface area contributed by atoms with E-state index in [9.17, 15) is 23.1 Å². The number of pyridine rings is 1. The molecule has 7 heteroatoms. The highest BCUT2D eigenvalue weighted by Gasteiger charge is 2.32. The van der Waals surface area contributed by atoms with Crippen molar-refractivity contribution in [1.29, 1.82) is 0 Å². The van der Waals surface area contributed by atoms with Gasteiger partial charge in [0.1, 0.15) is 5.75 Å². The van der Waals surface area contributed by atoms with Crippen LogP contribution in [0.15, 0.2) is 12.3 Å². The van der Waals surface area contributed by atoms with Gasteiger partial charge in [-0.3, -0.25) is 0 Å². The highest BCUT2D eigenvalue weighted by Crippen LogP contribution is 2.31. The van der Waals surface area contributed by atoms with Gasteiger partial charge in [-0.2, -0.15) is 13.2 Å². The molecule has 0 fully saturated rings. The van der Waals surface area contributed by atoms with E-state index in [1.54, 1.807) is 13.8 Å². The monoisotopic (exact) mass is 249 g/mol. The minimum atomic E-state index is -4.62. The Morgan fingerprint density at radius 3 is 2.47 bits per heavy atom. The average molecular weight is 249 g/mol. The fourth-order valence-corrected chi connectivity index (χ4v) is 1.04. The van der Waals surface area contributed by atoms with E-state index in [4.69, 9.17) is 4.74 Å². The quantitative estimate of drug-likeness (QED) is 0.817. The summed E-state index contributed by atoms with van der Waals surface area (Å²) < 4.78 is 41.4. The first-order valence-electron chi connectivity index (χ1n) is 4.69. The number of hydrogen-bond donors (Lipinski definition) is 1. The lowest BCUT2D eigenvalue weighted by Gasteiger charge is -2.10.